The third-order valence-electron chi connectivity index (χ3n) is 5.54. The standard InChI is InChI=1S/C26H21ClN4O2S/c1-17-22(25(32)29-14-21-6-3-11-33-21)13-24(31(17)15-18-4-2-5-20(27)12-18)23-16-34-26(30-23)19-7-9-28-10-8-19/h2-13,16H,14-15H2,1H3,(H,29,32). The molecule has 1 N–H and O–H groups in total. The fraction of sp³-hybridized carbons (Fsp3) is 0.115. The first-order valence-electron chi connectivity index (χ1n) is 10.7. The first-order chi connectivity index (χ1) is 16.6. The number of hydrogen-bond donors (Lipinski definition) is 1. The molecule has 0 atom stereocenters. The maximum atomic E-state index is 13.1. The Labute approximate surface area is 205 Å². The molecule has 4 heterocycles. The van der Waals surface area contributed by atoms with E-state index in [1.807, 2.05) is 60.8 Å². The Kier molecular flexibility index (Phi) is 6.29. The van der Waals surface area contributed by atoms with Crippen LogP contribution in [0.3, 0.4) is 0 Å². The van der Waals surface area contributed by atoms with Crippen LogP contribution in [0.25, 0.3) is 22.0 Å². The summed E-state index contributed by atoms with van der Waals surface area (Å²) in [7, 11) is 0. The minimum Gasteiger partial charge on any atom is -0.467 e. The summed E-state index contributed by atoms with van der Waals surface area (Å²) in [6.07, 6.45) is 5.10. The van der Waals surface area contributed by atoms with E-state index in [2.05, 4.69) is 14.9 Å². The van der Waals surface area contributed by atoms with Gasteiger partial charge < -0.3 is 14.3 Å². The first kappa shape index (κ1) is 22.1. The number of benzene rings is 1. The molecule has 34 heavy (non-hydrogen) atoms. The lowest BCUT2D eigenvalue weighted by Crippen LogP contribution is -2.23. The number of halogens is 1. The van der Waals surface area contributed by atoms with Crippen molar-refractivity contribution in [3.63, 3.8) is 0 Å². The van der Waals surface area contributed by atoms with Gasteiger partial charge in [0.15, 0.2) is 0 Å². The fourth-order valence-electron chi connectivity index (χ4n) is 3.80. The predicted molar refractivity (Wildman–Crippen MR) is 134 cm³/mol. The molecular formula is C26H21ClN4O2S. The van der Waals surface area contributed by atoms with Gasteiger partial charge in [0.2, 0.25) is 0 Å². The molecule has 1 amide bonds. The Morgan fingerprint density at radius 3 is 2.76 bits per heavy atom. The van der Waals surface area contributed by atoms with Crippen LogP contribution in [0.5, 0.6) is 0 Å². The number of thiazole rings is 1. The number of pyridine rings is 1. The largest absolute Gasteiger partial charge is 0.467 e. The van der Waals surface area contributed by atoms with Crippen molar-refractivity contribution in [1.82, 2.24) is 19.9 Å². The average molecular weight is 489 g/mol. The third kappa shape index (κ3) is 4.66. The quantitative estimate of drug-likeness (QED) is 0.295. The monoisotopic (exact) mass is 488 g/mol. The van der Waals surface area contributed by atoms with E-state index < -0.39 is 0 Å². The van der Waals surface area contributed by atoms with Crippen molar-refractivity contribution in [3.05, 3.63) is 106 Å². The number of furan rings is 1. The zero-order valence-electron chi connectivity index (χ0n) is 18.4. The predicted octanol–water partition coefficient (Wildman–Crippen LogP) is 6.21. The molecule has 4 aromatic heterocycles. The molecule has 0 bridgehead atoms. The van der Waals surface area contributed by atoms with Gasteiger partial charge in [-0.15, -0.1) is 11.3 Å². The molecule has 5 rings (SSSR count). The second-order valence-corrected chi connectivity index (χ2v) is 9.08. The van der Waals surface area contributed by atoms with E-state index in [-0.39, 0.29) is 5.91 Å². The molecule has 0 spiro atoms. The molecule has 0 saturated carbocycles. The molecule has 6 nitrogen and oxygen atoms in total. The molecule has 0 unspecified atom stereocenters. The van der Waals surface area contributed by atoms with Crippen LogP contribution in [0.1, 0.15) is 27.4 Å². The zero-order chi connectivity index (χ0) is 23.5. The number of carbonyl (C=O) groups excluding carboxylic acids is 1. The average Bonchev–Trinajstić information content (AvgIpc) is 3.60. The van der Waals surface area contributed by atoms with Crippen molar-refractivity contribution in [1.29, 1.82) is 0 Å². The van der Waals surface area contributed by atoms with Gasteiger partial charge in [-0.3, -0.25) is 9.78 Å². The van der Waals surface area contributed by atoms with Gasteiger partial charge in [-0.05, 0) is 55.0 Å². The van der Waals surface area contributed by atoms with Crippen LogP contribution in [0.2, 0.25) is 5.02 Å². The molecule has 0 radical (unpaired) electrons. The molecule has 0 fully saturated rings. The third-order valence-corrected chi connectivity index (χ3v) is 6.66. The van der Waals surface area contributed by atoms with E-state index in [1.54, 1.807) is 36.1 Å². The van der Waals surface area contributed by atoms with Crippen molar-refractivity contribution in [3.8, 4) is 22.0 Å². The summed E-state index contributed by atoms with van der Waals surface area (Å²) >= 11 is 7.79. The summed E-state index contributed by atoms with van der Waals surface area (Å²) in [6, 6.07) is 17.1. The van der Waals surface area contributed by atoms with Gasteiger partial charge in [-0.1, -0.05) is 23.7 Å². The highest BCUT2D eigenvalue weighted by Gasteiger charge is 2.21. The zero-order valence-corrected chi connectivity index (χ0v) is 19.9. The van der Waals surface area contributed by atoms with Gasteiger partial charge >= 0.3 is 0 Å². The number of nitrogens with zero attached hydrogens (tertiary/aromatic N) is 3. The number of carbonyl (C=O) groups is 1. The summed E-state index contributed by atoms with van der Waals surface area (Å²) in [5, 5.41) is 6.54. The molecule has 0 aliphatic carbocycles. The molecule has 5 aromatic rings. The first-order valence-corrected chi connectivity index (χ1v) is 12.0. The molecule has 1 aromatic carbocycles. The van der Waals surface area contributed by atoms with E-state index in [1.165, 1.54) is 0 Å². The van der Waals surface area contributed by atoms with Crippen LogP contribution in [0.15, 0.2) is 83.1 Å². The van der Waals surface area contributed by atoms with Gasteiger partial charge in [-0.2, -0.15) is 0 Å². The Morgan fingerprint density at radius 1 is 1.15 bits per heavy atom. The molecule has 0 aliphatic heterocycles. The minimum absolute atomic E-state index is 0.162. The van der Waals surface area contributed by atoms with Crippen molar-refractivity contribution < 1.29 is 9.21 Å². The molecule has 0 aliphatic rings. The fourth-order valence-corrected chi connectivity index (χ4v) is 4.84. The highest BCUT2D eigenvalue weighted by atomic mass is 35.5. The molecule has 8 heteroatoms. The normalized spacial score (nSPS) is 11.0. The van der Waals surface area contributed by atoms with E-state index in [9.17, 15) is 4.79 Å². The van der Waals surface area contributed by atoms with Gasteiger partial charge in [0.1, 0.15) is 10.8 Å². The van der Waals surface area contributed by atoms with Gasteiger partial charge in [-0.25, -0.2) is 4.98 Å². The second kappa shape index (κ2) is 9.67. The SMILES string of the molecule is Cc1c(C(=O)NCc2ccco2)cc(-c2csc(-c3ccncc3)n2)n1Cc1cccc(Cl)c1. The molecule has 170 valence electrons. The van der Waals surface area contributed by atoms with Crippen molar-refractivity contribution >= 4 is 28.8 Å². The summed E-state index contributed by atoms with van der Waals surface area (Å²) < 4.78 is 7.45. The van der Waals surface area contributed by atoms with Crippen LogP contribution in [-0.2, 0) is 13.1 Å². The lowest BCUT2D eigenvalue weighted by atomic mass is 10.2. The van der Waals surface area contributed by atoms with Crippen LogP contribution < -0.4 is 5.32 Å². The van der Waals surface area contributed by atoms with Crippen molar-refractivity contribution in [2.45, 2.75) is 20.0 Å². The second-order valence-electron chi connectivity index (χ2n) is 7.78. The number of aromatic nitrogens is 3. The van der Waals surface area contributed by atoms with E-state index in [4.69, 9.17) is 21.0 Å². The van der Waals surface area contributed by atoms with Crippen molar-refractivity contribution in [2.24, 2.45) is 0 Å². The smallest absolute Gasteiger partial charge is 0.253 e. The summed E-state index contributed by atoms with van der Waals surface area (Å²) in [4.78, 5) is 22.0. The van der Waals surface area contributed by atoms with Crippen LogP contribution in [0, 0.1) is 6.92 Å². The Balaban J connectivity index is 1.52. The number of nitrogens with one attached hydrogen (secondary N) is 1. The summed E-state index contributed by atoms with van der Waals surface area (Å²) in [5.74, 6) is 0.538. The van der Waals surface area contributed by atoms with E-state index in [0.717, 1.165) is 33.2 Å². The minimum atomic E-state index is -0.162. The Morgan fingerprint density at radius 2 is 2.00 bits per heavy atom. The molecule has 0 saturated heterocycles. The van der Waals surface area contributed by atoms with Gasteiger partial charge in [0.25, 0.3) is 5.91 Å². The van der Waals surface area contributed by atoms with E-state index >= 15 is 0 Å². The van der Waals surface area contributed by atoms with Gasteiger partial charge in [0, 0.05) is 40.6 Å². The lowest BCUT2D eigenvalue weighted by molar-refractivity contribution is 0.0947. The highest BCUT2D eigenvalue weighted by molar-refractivity contribution is 7.13. The van der Waals surface area contributed by atoms with Crippen molar-refractivity contribution in [2.75, 3.05) is 0 Å². The number of hydrogen-bond acceptors (Lipinski definition) is 5. The van der Waals surface area contributed by atoms with Gasteiger partial charge in [0.05, 0.1) is 29.8 Å². The van der Waals surface area contributed by atoms with Crippen LogP contribution in [0.4, 0.5) is 0 Å². The number of amides is 1. The highest BCUT2D eigenvalue weighted by Crippen LogP contribution is 2.32. The van der Waals surface area contributed by atoms with Crippen LogP contribution >= 0.6 is 22.9 Å². The van der Waals surface area contributed by atoms with Crippen LogP contribution in [-0.4, -0.2) is 20.4 Å². The Bertz CT molecular complexity index is 1420. The number of rotatable bonds is 7. The lowest BCUT2D eigenvalue weighted by Gasteiger charge is -2.12. The summed E-state index contributed by atoms with van der Waals surface area (Å²) in [5.41, 5.74) is 5.18. The summed E-state index contributed by atoms with van der Waals surface area (Å²) in [6.45, 7) is 2.84. The maximum absolute atomic E-state index is 13.1. The molecular weight excluding hydrogens is 468 g/mol. The topological polar surface area (TPSA) is 73.0 Å². The Hall–Kier alpha value is -3.68. The maximum Gasteiger partial charge on any atom is 0.253 e. The van der Waals surface area contributed by atoms with E-state index in [0.29, 0.717) is 29.4 Å².